The summed E-state index contributed by atoms with van der Waals surface area (Å²) in [5.74, 6) is 0.767. The molecule has 1 unspecified atom stereocenters. The highest BCUT2D eigenvalue weighted by molar-refractivity contribution is 9.10. The van der Waals surface area contributed by atoms with Crippen LogP contribution >= 0.6 is 15.9 Å². The van der Waals surface area contributed by atoms with Gasteiger partial charge in [-0.2, -0.15) is 5.26 Å². The molecule has 0 aromatic heterocycles. The zero-order valence-corrected chi connectivity index (χ0v) is 10.1. The molecule has 0 aliphatic heterocycles. The van der Waals surface area contributed by atoms with Gasteiger partial charge in [-0.1, -0.05) is 15.9 Å². The maximum atomic E-state index is 8.50. The van der Waals surface area contributed by atoms with Crippen LogP contribution in [0.25, 0.3) is 0 Å². The topological polar surface area (TPSA) is 59.0 Å². The summed E-state index contributed by atoms with van der Waals surface area (Å²) in [5.41, 5.74) is 6.91. The zero-order valence-electron chi connectivity index (χ0n) is 8.53. The van der Waals surface area contributed by atoms with E-state index in [4.69, 9.17) is 15.7 Å². The third kappa shape index (κ3) is 3.22. The van der Waals surface area contributed by atoms with E-state index in [1.165, 1.54) is 0 Å². The Labute approximate surface area is 98.0 Å². The third-order valence-electron chi connectivity index (χ3n) is 2.16. The summed E-state index contributed by atoms with van der Waals surface area (Å²) < 4.78 is 6.18. The smallest absolute Gasteiger partial charge is 0.123 e. The Balaban J connectivity index is 2.90. The van der Waals surface area contributed by atoms with E-state index < -0.39 is 0 Å². The normalized spacial score (nSPS) is 11.9. The van der Waals surface area contributed by atoms with Crippen molar-refractivity contribution in [1.82, 2.24) is 0 Å². The molecule has 1 rings (SSSR count). The van der Waals surface area contributed by atoms with Gasteiger partial charge in [0.05, 0.1) is 13.2 Å². The largest absolute Gasteiger partial charge is 0.496 e. The van der Waals surface area contributed by atoms with Gasteiger partial charge in [0.15, 0.2) is 0 Å². The van der Waals surface area contributed by atoms with E-state index in [2.05, 4.69) is 22.0 Å². The highest BCUT2D eigenvalue weighted by Crippen LogP contribution is 2.29. The number of nitriles is 1. The second kappa shape index (κ2) is 5.74. The summed E-state index contributed by atoms with van der Waals surface area (Å²) >= 11 is 3.39. The molecule has 15 heavy (non-hydrogen) atoms. The van der Waals surface area contributed by atoms with Crippen molar-refractivity contribution >= 4 is 15.9 Å². The molecule has 1 atom stereocenters. The van der Waals surface area contributed by atoms with Gasteiger partial charge in [-0.25, -0.2) is 0 Å². The zero-order chi connectivity index (χ0) is 11.3. The molecule has 0 bridgehead atoms. The second-order valence-electron chi connectivity index (χ2n) is 3.19. The van der Waals surface area contributed by atoms with E-state index in [9.17, 15) is 0 Å². The minimum absolute atomic E-state index is 0.155. The van der Waals surface area contributed by atoms with Gasteiger partial charge in [0.2, 0.25) is 0 Å². The molecule has 0 spiro atoms. The van der Waals surface area contributed by atoms with Crippen LogP contribution in [0.5, 0.6) is 5.75 Å². The Morgan fingerprint density at radius 3 is 2.93 bits per heavy atom. The standard InChI is InChI=1S/C11H13BrN2O/c1-15-11-5-4-8(12)7-9(11)10(14)3-2-6-13/h4-5,7,10H,2-3,14H2,1H3. The number of hydrogen-bond acceptors (Lipinski definition) is 3. The molecule has 0 saturated carbocycles. The number of rotatable bonds is 4. The van der Waals surface area contributed by atoms with Crippen LogP contribution in [0.4, 0.5) is 0 Å². The first-order valence-corrected chi connectivity index (χ1v) is 5.44. The number of ether oxygens (including phenoxy) is 1. The second-order valence-corrected chi connectivity index (χ2v) is 4.11. The van der Waals surface area contributed by atoms with Gasteiger partial charge in [0.25, 0.3) is 0 Å². The Hall–Kier alpha value is -1.05. The van der Waals surface area contributed by atoms with Gasteiger partial charge in [0, 0.05) is 22.5 Å². The van der Waals surface area contributed by atoms with Crippen molar-refractivity contribution in [2.45, 2.75) is 18.9 Å². The molecule has 0 amide bonds. The number of halogens is 1. The minimum Gasteiger partial charge on any atom is -0.496 e. The number of methoxy groups -OCH3 is 1. The van der Waals surface area contributed by atoms with Crippen molar-refractivity contribution < 1.29 is 4.74 Å². The molecule has 0 radical (unpaired) electrons. The van der Waals surface area contributed by atoms with Gasteiger partial charge in [-0.15, -0.1) is 0 Å². The molecule has 2 N–H and O–H groups in total. The molecule has 3 nitrogen and oxygen atoms in total. The first-order chi connectivity index (χ1) is 7.19. The molecule has 0 fully saturated rings. The number of nitrogens with two attached hydrogens (primary N) is 1. The molecular formula is C11H13BrN2O. The van der Waals surface area contributed by atoms with Crippen LogP contribution < -0.4 is 10.5 Å². The molecular weight excluding hydrogens is 256 g/mol. The summed E-state index contributed by atoms with van der Waals surface area (Å²) in [5, 5.41) is 8.50. The van der Waals surface area contributed by atoms with Crippen LogP contribution in [0.2, 0.25) is 0 Å². The van der Waals surface area contributed by atoms with Gasteiger partial charge < -0.3 is 10.5 Å². The molecule has 1 aromatic rings. The molecule has 80 valence electrons. The van der Waals surface area contributed by atoms with Crippen LogP contribution in [0.3, 0.4) is 0 Å². The molecule has 0 saturated heterocycles. The van der Waals surface area contributed by atoms with Gasteiger partial charge in [-0.05, 0) is 24.6 Å². The van der Waals surface area contributed by atoms with Crippen LogP contribution in [0.1, 0.15) is 24.4 Å². The average molecular weight is 269 g/mol. The maximum Gasteiger partial charge on any atom is 0.123 e. The SMILES string of the molecule is COc1ccc(Br)cc1C(N)CCC#N. The van der Waals surface area contributed by atoms with Crippen LogP contribution in [0, 0.1) is 11.3 Å². The van der Waals surface area contributed by atoms with Crippen molar-refractivity contribution in [2.24, 2.45) is 5.73 Å². The Bertz CT molecular complexity index is 373. The van der Waals surface area contributed by atoms with Crippen LogP contribution in [-0.4, -0.2) is 7.11 Å². The van der Waals surface area contributed by atoms with Crippen molar-refractivity contribution in [3.05, 3.63) is 28.2 Å². The van der Waals surface area contributed by atoms with Gasteiger partial charge in [-0.3, -0.25) is 0 Å². The monoisotopic (exact) mass is 268 g/mol. The summed E-state index contributed by atoms with van der Waals surface area (Å²) in [4.78, 5) is 0. The maximum absolute atomic E-state index is 8.50. The highest BCUT2D eigenvalue weighted by Gasteiger charge is 2.11. The first kappa shape index (κ1) is 12.0. The van der Waals surface area contributed by atoms with Crippen molar-refractivity contribution in [2.75, 3.05) is 7.11 Å². The Kier molecular flexibility index (Phi) is 4.60. The molecule has 0 aliphatic carbocycles. The fourth-order valence-electron chi connectivity index (χ4n) is 1.37. The summed E-state index contributed by atoms with van der Waals surface area (Å²) in [6.07, 6.45) is 1.10. The lowest BCUT2D eigenvalue weighted by molar-refractivity contribution is 0.404. The fourth-order valence-corrected chi connectivity index (χ4v) is 1.75. The van der Waals surface area contributed by atoms with E-state index in [1.807, 2.05) is 18.2 Å². The quantitative estimate of drug-likeness (QED) is 0.914. The number of hydrogen-bond donors (Lipinski definition) is 1. The van der Waals surface area contributed by atoms with Crippen molar-refractivity contribution in [3.63, 3.8) is 0 Å². The first-order valence-electron chi connectivity index (χ1n) is 4.65. The Morgan fingerprint density at radius 2 is 2.33 bits per heavy atom. The van der Waals surface area contributed by atoms with Gasteiger partial charge >= 0.3 is 0 Å². The van der Waals surface area contributed by atoms with Crippen LogP contribution in [0.15, 0.2) is 22.7 Å². The lowest BCUT2D eigenvalue weighted by atomic mass is 10.0. The Morgan fingerprint density at radius 1 is 1.60 bits per heavy atom. The van der Waals surface area contributed by atoms with E-state index in [0.717, 1.165) is 15.8 Å². The number of nitrogens with zero attached hydrogens (tertiary/aromatic N) is 1. The van der Waals surface area contributed by atoms with E-state index >= 15 is 0 Å². The molecule has 1 aromatic carbocycles. The predicted molar refractivity (Wildman–Crippen MR) is 62.5 cm³/mol. The molecule has 4 heteroatoms. The highest BCUT2D eigenvalue weighted by atomic mass is 79.9. The summed E-state index contributed by atoms with van der Waals surface area (Å²) in [6.45, 7) is 0. The summed E-state index contributed by atoms with van der Waals surface area (Å²) in [7, 11) is 1.61. The van der Waals surface area contributed by atoms with E-state index in [1.54, 1.807) is 7.11 Å². The van der Waals surface area contributed by atoms with Crippen LogP contribution in [-0.2, 0) is 0 Å². The lowest BCUT2D eigenvalue weighted by Crippen LogP contribution is -2.11. The fraction of sp³-hybridized carbons (Fsp3) is 0.364. The van der Waals surface area contributed by atoms with Crippen molar-refractivity contribution in [3.8, 4) is 11.8 Å². The summed E-state index contributed by atoms with van der Waals surface area (Å²) in [6, 6.07) is 7.63. The van der Waals surface area contributed by atoms with Gasteiger partial charge in [0.1, 0.15) is 5.75 Å². The predicted octanol–water partition coefficient (Wildman–Crippen LogP) is 2.76. The van der Waals surface area contributed by atoms with E-state index in [-0.39, 0.29) is 6.04 Å². The lowest BCUT2D eigenvalue weighted by Gasteiger charge is -2.14. The molecule has 0 heterocycles. The minimum atomic E-state index is -0.155. The average Bonchev–Trinajstić information content (AvgIpc) is 2.25. The van der Waals surface area contributed by atoms with E-state index in [0.29, 0.717) is 12.8 Å². The third-order valence-corrected chi connectivity index (χ3v) is 2.65. The number of benzene rings is 1. The van der Waals surface area contributed by atoms with Crippen molar-refractivity contribution in [1.29, 1.82) is 5.26 Å². The molecule has 0 aliphatic rings.